The van der Waals surface area contributed by atoms with E-state index in [2.05, 4.69) is 45.3 Å². The number of nitrogens with zero attached hydrogens (tertiary/aromatic N) is 3. The summed E-state index contributed by atoms with van der Waals surface area (Å²) in [7, 11) is 0. The van der Waals surface area contributed by atoms with Gasteiger partial charge in [-0.05, 0) is 67.2 Å². The molecular formula is C28H26FN5OS. The van der Waals surface area contributed by atoms with Crippen LogP contribution in [0.1, 0.15) is 35.5 Å². The smallest absolute Gasteiger partial charge is 0.226 e. The predicted molar refractivity (Wildman–Crippen MR) is 142 cm³/mol. The first kappa shape index (κ1) is 23.7. The Morgan fingerprint density at radius 2 is 1.83 bits per heavy atom. The Bertz CT molecular complexity index is 1390. The highest BCUT2D eigenvalue weighted by molar-refractivity contribution is 7.80. The normalized spacial score (nSPS) is 17.2. The Labute approximate surface area is 214 Å². The van der Waals surface area contributed by atoms with Crippen molar-refractivity contribution in [3.8, 4) is 5.69 Å². The van der Waals surface area contributed by atoms with Gasteiger partial charge in [-0.1, -0.05) is 36.4 Å². The summed E-state index contributed by atoms with van der Waals surface area (Å²) < 4.78 is 16.2. The molecule has 1 aliphatic rings. The highest BCUT2D eigenvalue weighted by atomic mass is 32.1. The third kappa shape index (κ3) is 4.72. The largest absolute Gasteiger partial charge is 0.352 e. The van der Waals surface area contributed by atoms with Crippen molar-refractivity contribution in [1.82, 2.24) is 19.8 Å². The van der Waals surface area contributed by atoms with Crippen molar-refractivity contribution in [2.75, 3.05) is 11.9 Å². The summed E-state index contributed by atoms with van der Waals surface area (Å²) in [6.45, 7) is 2.44. The molecule has 1 amide bonds. The summed E-state index contributed by atoms with van der Waals surface area (Å²) in [5.41, 5.74) is 4.28. The number of aryl methyl sites for hydroxylation is 1. The van der Waals surface area contributed by atoms with E-state index in [1.54, 1.807) is 24.4 Å². The number of carbonyl (C=O) groups excluding carboxylic acids is 1. The first-order valence-corrected chi connectivity index (χ1v) is 12.2. The van der Waals surface area contributed by atoms with Gasteiger partial charge in [-0.15, -0.1) is 0 Å². The molecular weight excluding hydrogens is 473 g/mol. The minimum Gasteiger partial charge on any atom is -0.352 e. The van der Waals surface area contributed by atoms with Crippen LogP contribution in [-0.2, 0) is 4.79 Å². The van der Waals surface area contributed by atoms with Crippen molar-refractivity contribution < 1.29 is 9.18 Å². The summed E-state index contributed by atoms with van der Waals surface area (Å²) in [5, 5.41) is 6.64. The molecule has 0 spiro atoms. The third-order valence-electron chi connectivity index (χ3n) is 6.38. The zero-order chi connectivity index (χ0) is 25.1. The maximum absolute atomic E-state index is 14.0. The molecule has 4 aromatic rings. The lowest BCUT2D eigenvalue weighted by Crippen LogP contribution is -2.33. The number of amides is 1. The van der Waals surface area contributed by atoms with Crippen LogP contribution < -0.4 is 10.6 Å². The van der Waals surface area contributed by atoms with Gasteiger partial charge in [0, 0.05) is 36.7 Å². The number of hydrogen-bond acceptors (Lipinski definition) is 3. The molecule has 3 heterocycles. The van der Waals surface area contributed by atoms with Crippen LogP contribution in [-0.4, -0.2) is 32.0 Å². The standard InChI is InChI=1S/C28H26FN5OS/c1-19-9-2-5-13-23(19)33-17-8-14-24(33)27-26(22-12-6-7-16-30-22)32-28(36)34(27)18-15-25(35)31-21-11-4-3-10-20(21)29/h2-14,16-17,26-27H,15,18H2,1H3,(H,31,35)(H,32,36)/t26-,27+/m1/s1. The van der Waals surface area contributed by atoms with Crippen LogP contribution >= 0.6 is 12.2 Å². The Kier molecular flexibility index (Phi) is 6.77. The van der Waals surface area contributed by atoms with Crippen molar-refractivity contribution in [1.29, 1.82) is 0 Å². The lowest BCUT2D eigenvalue weighted by Gasteiger charge is -2.29. The van der Waals surface area contributed by atoms with Crippen molar-refractivity contribution in [2.45, 2.75) is 25.4 Å². The Balaban J connectivity index is 1.46. The minimum atomic E-state index is -0.464. The molecule has 8 heteroatoms. The Morgan fingerprint density at radius 3 is 2.61 bits per heavy atom. The molecule has 36 heavy (non-hydrogen) atoms. The van der Waals surface area contributed by atoms with Gasteiger partial charge < -0.3 is 20.1 Å². The van der Waals surface area contributed by atoms with E-state index in [-0.39, 0.29) is 30.1 Å². The van der Waals surface area contributed by atoms with Gasteiger partial charge in [-0.2, -0.15) is 0 Å². The zero-order valence-electron chi connectivity index (χ0n) is 19.8. The minimum absolute atomic E-state index is 0.146. The van der Waals surface area contributed by atoms with Crippen molar-refractivity contribution in [3.63, 3.8) is 0 Å². The first-order chi connectivity index (χ1) is 17.5. The summed E-state index contributed by atoms with van der Waals surface area (Å²) >= 11 is 5.74. The zero-order valence-corrected chi connectivity index (χ0v) is 20.6. The van der Waals surface area contributed by atoms with E-state index in [0.29, 0.717) is 11.7 Å². The van der Waals surface area contributed by atoms with E-state index in [4.69, 9.17) is 12.2 Å². The second-order valence-electron chi connectivity index (χ2n) is 8.69. The molecule has 6 nitrogen and oxygen atoms in total. The number of halogens is 1. The van der Waals surface area contributed by atoms with E-state index in [0.717, 1.165) is 22.6 Å². The second kappa shape index (κ2) is 10.3. The number of para-hydroxylation sites is 2. The summed E-state index contributed by atoms with van der Waals surface area (Å²) in [6, 6.07) is 23.8. The van der Waals surface area contributed by atoms with Gasteiger partial charge in [0.1, 0.15) is 5.82 Å². The molecule has 0 bridgehead atoms. The van der Waals surface area contributed by atoms with Gasteiger partial charge in [0.05, 0.1) is 23.5 Å². The number of aromatic nitrogens is 2. The molecule has 1 saturated heterocycles. The van der Waals surface area contributed by atoms with E-state index in [1.807, 2.05) is 47.5 Å². The molecule has 2 aromatic carbocycles. The van der Waals surface area contributed by atoms with Gasteiger partial charge in [0.25, 0.3) is 0 Å². The number of nitrogens with one attached hydrogen (secondary N) is 2. The summed E-state index contributed by atoms with van der Waals surface area (Å²) in [4.78, 5) is 19.3. The van der Waals surface area contributed by atoms with Crippen LogP contribution in [0, 0.1) is 12.7 Å². The molecule has 2 N–H and O–H groups in total. The number of anilines is 1. The summed E-state index contributed by atoms with van der Waals surface area (Å²) in [5.74, 6) is -0.745. The molecule has 1 aliphatic heterocycles. The quantitative estimate of drug-likeness (QED) is 0.337. The fraction of sp³-hybridized carbons (Fsp3) is 0.179. The number of thiocarbonyl (C=S) groups is 1. The number of carbonyl (C=O) groups is 1. The fourth-order valence-corrected chi connectivity index (χ4v) is 4.99. The van der Waals surface area contributed by atoms with Crippen LogP contribution in [0.2, 0.25) is 0 Å². The molecule has 5 rings (SSSR count). The molecule has 0 radical (unpaired) electrons. The Morgan fingerprint density at radius 1 is 1.06 bits per heavy atom. The number of benzene rings is 2. The maximum Gasteiger partial charge on any atom is 0.226 e. The third-order valence-corrected chi connectivity index (χ3v) is 6.74. The number of hydrogen-bond donors (Lipinski definition) is 2. The van der Waals surface area contributed by atoms with Crippen LogP contribution in [0.15, 0.2) is 91.3 Å². The highest BCUT2D eigenvalue weighted by Gasteiger charge is 2.41. The van der Waals surface area contributed by atoms with Crippen LogP contribution in [0.5, 0.6) is 0 Å². The highest BCUT2D eigenvalue weighted by Crippen LogP contribution is 2.39. The molecule has 0 aliphatic carbocycles. The molecule has 0 saturated carbocycles. The molecule has 2 aromatic heterocycles. The van der Waals surface area contributed by atoms with E-state index >= 15 is 0 Å². The van der Waals surface area contributed by atoms with Gasteiger partial charge in [-0.3, -0.25) is 9.78 Å². The molecule has 2 atom stereocenters. The van der Waals surface area contributed by atoms with Crippen molar-refractivity contribution in [3.05, 3.63) is 114 Å². The summed E-state index contributed by atoms with van der Waals surface area (Å²) in [6.07, 6.45) is 3.95. The van der Waals surface area contributed by atoms with E-state index in [1.165, 1.54) is 6.07 Å². The number of pyridine rings is 1. The van der Waals surface area contributed by atoms with Gasteiger partial charge >= 0.3 is 0 Å². The lowest BCUT2D eigenvalue weighted by atomic mass is 10.0. The predicted octanol–water partition coefficient (Wildman–Crippen LogP) is 5.32. The van der Waals surface area contributed by atoms with Crippen LogP contribution in [0.25, 0.3) is 5.69 Å². The average Bonchev–Trinajstić information content (AvgIpc) is 3.49. The van der Waals surface area contributed by atoms with Crippen molar-refractivity contribution in [2.24, 2.45) is 0 Å². The van der Waals surface area contributed by atoms with Crippen molar-refractivity contribution >= 4 is 28.9 Å². The van der Waals surface area contributed by atoms with Gasteiger partial charge in [0.2, 0.25) is 5.91 Å². The molecule has 1 fully saturated rings. The van der Waals surface area contributed by atoms with E-state index < -0.39 is 5.82 Å². The van der Waals surface area contributed by atoms with Crippen LogP contribution in [0.4, 0.5) is 10.1 Å². The van der Waals surface area contributed by atoms with Gasteiger partial charge in [0.15, 0.2) is 5.11 Å². The van der Waals surface area contributed by atoms with Gasteiger partial charge in [-0.25, -0.2) is 4.39 Å². The monoisotopic (exact) mass is 499 g/mol. The topological polar surface area (TPSA) is 62.2 Å². The Hall–Kier alpha value is -4.04. The fourth-order valence-electron chi connectivity index (χ4n) is 4.65. The first-order valence-electron chi connectivity index (χ1n) is 11.8. The number of rotatable bonds is 7. The molecule has 182 valence electrons. The maximum atomic E-state index is 14.0. The average molecular weight is 500 g/mol. The lowest BCUT2D eigenvalue weighted by molar-refractivity contribution is -0.116. The SMILES string of the molecule is Cc1ccccc1-n1cccc1[C@H]1[C@@H](c2ccccn2)NC(=S)N1CCC(=O)Nc1ccccc1F. The van der Waals surface area contributed by atoms with E-state index in [9.17, 15) is 9.18 Å². The van der Waals surface area contributed by atoms with Crippen LogP contribution in [0.3, 0.4) is 0 Å². The second-order valence-corrected chi connectivity index (χ2v) is 9.07. The molecule has 0 unspecified atom stereocenters.